The van der Waals surface area contributed by atoms with Gasteiger partial charge in [0, 0.05) is 42.3 Å². The van der Waals surface area contributed by atoms with E-state index in [1.807, 2.05) is 12.1 Å². The van der Waals surface area contributed by atoms with Crippen molar-refractivity contribution in [2.45, 2.75) is 6.54 Å². The van der Waals surface area contributed by atoms with Crippen LogP contribution in [0.5, 0.6) is 0 Å². The van der Waals surface area contributed by atoms with Crippen molar-refractivity contribution < 1.29 is 18.8 Å². The number of hydrogen-bond donors (Lipinski definition) is 0. The van der Waals surface area contributed by atoms with E-state index in [1.54, 1.807) is 41.3 Å². The lowest BCUT2D eigenvalue weighted by molar-refractivity contribution is 0.0600. The molecule has 0 N–H and O–H groups in total. The Kier molecular flexibility index (Phi) is 6.29. The molecular formula is C22H21ClN4O4. The lowest BCUT2D eigenvalue weighted by Gasteiger charge is -2.34. The number of ether oxygens (including phenoxy) is 1. The van der Waals surface area contributed by atoms with Gasteiger partial charge in [0.1, 0.15) is 0 Å². The Morgan fingerprint density at radius 2 is 1.77 bits per heavy atom. The summed E-state index contributed by atoms with van der Waals surface area (Å²) in [5.41, 5.74) is 1.67. The Morgan fingerprint density at radius 3 is 2.48 bits per heavy atom. The maximum Gasteiger partial charge on any atom is 0.337 e. The normalized spacial score (nSPS) is 14.5. The fourth-order valence-electron chi connectivity index (χ4n) is 3.42. The van der Waals surface area contributed by atoms with E-state index in [4.69, 9.17) is 20.9 Å². The van der Waals surface area contributed by atoms with Crippen LogP contribution in [0.3, 0.4) is 0 Å². The van der Waals surface area contributed by atoms with Crippen LogP contribution in [0, 0.1) is 0 Å². The lowest BCUT2D eigenvalue weighted by Crippen LogP contribution is -2.48. The molecule has 1 fully saturated rings. The molecule has 9 heteroatoms. The first-order valence-corrected chi connectivity index (χ1v) is 10.2. The topological polar surface area (TPSA) is 88.8 Å². The lowest BCUT2D eigenvalue weighted by atomic mass is 10.1. The number of carbonyl (C=O) groups is 2. The minimum atomic E-state index is -0.461. The first-order valence-electron chi connectivity index (χ1n) is 9.82. The smallest absolute Gasteiger partial charge is 0.337 e. The van der Waals surface area contributed by atoms with Crippen LogP contribution in [-0.2, 0) is 11.3 Å². The predicted molar refractivity (Wildman–Crippen MR) is 114 cm³/mol. The minimum absolute atomic E-state index is 0.104. The summed E-state index contributed by atoms with van der Waals surface area (Å²) in [4.78, 5) is 32.9. The number of amides is 1. The molecule has 1 saturated heterocycles. The molecule has 2 heterocycles. The molecule has 1 aliphatic heterocycles. The van der Waals surface area contributed by atoms with Crippen molar-refractivity contribution in [3.05, 3.63) is 70.6 Å². The summed E-state index contributed by atoms with van der Waals surface area (Å²) in [6, 6.07) is 13.8. The Labute approximate surface area is 184 Å². The standard InChI is InChI=1S/C22H21ClN4O4/c1-30-22(29)17-4-2-3-16(13-17)21(28)27-11-9-26(10-12-27)14-19-24-20(25-31-19)15-5-7-18(23)8-6-15/h2-8,13H,9-12,14H2,1H3. The maximum atomic E-state index is 12.8. The fourth-order valence-corrected chi connectivity index (χ4v) is 3.54. The summed E-state index contributed by atoms with van der Waals surface area (Å²) >= 11 is 5.92. The highest BCUT2D eigenvalue weighted by Gasteiger charge is 2.24. The molecule has 0 saturated carbocycles. The maximum absolute atomic E-state index is 12.8. The minimum Gasteiger partial charge on any atom is -0.465 e. The zero-order valence-corrected chi connectivity index (χ0v) is 17.7. The van der Waals surface area contributed by atoms with Crippen LogP contribution in [-0.4, -0.2) is 65.1 Å². The van der Waals surface area contributed by atoms with Gasteiger partial charge in [0.2, 0.25) is 11.7 Å². The zero-order chi connectivity index (χ0) is 21.8. The molecule has 31 heavy (non-hydrogen) atoms. The van der Waals surface area contributed by atoms with Crippen molar-refractivity contribution >= 4 is 23.5 Å². The second-order valence-corrected chi connectivity index (χ2v) is 7.60. The first kappa shape index (κ1) is 21.0. The first-order chi connectivity index (χ1) is 15.0. The van der Waals surface area contributed by atoms with E-state index in [2.05, 4.69) is 15.0 Å². The number of hydrogen-bond acceptors (Lipinski definition) is 7. The van der Waals surface area contributed by atoms with Crippen LogP contribution in [0.15, 0.2) is 53.1 Å². The molecule has 2 aromatic carbocycles. The van der Waals surface area contributed by atoms with Gasteiger partial charge in [-0.1, -0.05) is 22.8 Å². The molecule has 1 aromatic heterocycles. The second kappa shape index (κ2) is 9.28. The van der Waals surface area contributed by atoms with E-state index in [0.29, 0.717) is 60.6 Å². The van der Waals surface area contributed by atoms with Crippen molar-refractivity contribution in [3.63, 3.8) is 0 Å². The van der Waals surface area contributed by atoms with Crippen molar-refractivity contribution in [1.29, 1.82) is 0 Å². The average Bonchev–Trinajstić information content (AvgIpc) is 3.27. The van der Waals surface area contributed by atoms with E-state index < -0.39 is 5.97 Å². The van der Waals surface area contributed by atoms with Gasteiger partial charge in [-0.3, -0.25) is 9.69 Å². The molecular weight excluding hydrogens is 420 g/mol. The number of halogens is 1. The number of carbonyl (C=O) groups excluding carboxylic acids is 2. The van der Waals surface area contributed by atoms with E-state index in [-0.39, 0.29) is 5.91 Å². The number of aromatic nitrogens is 2. The summed E-state index contributed by atoms with van der Waals surface area (Å²) < 4.78 is 10.1. The third kappa shape index (κ3) is 4.92. The summed E-state index contributed by atoms with van der Waals surface area (Å²) in [6.07, 6.45) is 0. The number of nitrogens with zero attached hydrogens (tertiary/aromatic N) is 4. The molecule has 1 amide bonds. The van der Waals surface area contributed by atoms with Gasteiger partial charge in [-0.15, -0.1) is 0 Å². The molecule has 8 nitrogen and oxygen atoms in total. The number of esters is 1. The zero-order valence-electron chi connectivity index (χ0n) is 17.0. The summed E-state index contributed by atoms with van der Waals surface area (Å²) in [7, 11) is 1.32. The highest BCUT2D eigenvalue weighted by Crippen LogP contribution is 2.19. The molecule has 0 spiro atoms. The molecule has 0 unspecified atom stereocenters. The van der Waals surface area contributed by atoms with Gasteiger partial charge in [0.15, 0.2) is 0 Å². The fraction of sp³-hybridized carbons (Fsp3) is 0.273. The Bertz CT molecular complexity index is 1080. The highest BCUT2D eigenvalue weighted by molar-refractivity contribution is 6.30. The van der Waals surface area contributed by atoms with Crippen molar-refractivity contribution in [2.24, 2.45) is 0 Å². The molecule has 0 radical (unpaired) electrons. The van der Waals surface area contributed by atoms with Crippen molar-refractivity contribution in [2.75, 3.05) is 33.3 Å². The Balaban J connectivity index is 1.33. The van der Waals surface area contributed by atoms with Gasteiger partial charge < -0.3 is 14.2 Å². The van der Waals surface area contributed by atoms with E-state index in [9.17, 15) is 9.59 Å². The summed E-state index contributed by atoms with van der Waals surface area (Å²) in [5, 5.41) is 4.69. The van der Waals surface area contributed by atoms with E-state index in [1.165, 1.54) is 7.11 Å². The number of rotatable bonds is 5. The Hall–Kier alpha value is -3.23. The summed E-state index contributed by atoms with van der Waals surface area (Å²) in [6.45, 7) is 3.02. The van der Waals surface area contributed by atoms with Gasteiger partial charge in [0.25, 0.3) is 5.91 Å². The molecule has 0 aliphatic carbocycles. The van der Waals surface area contributed by atoms with E-state index in [0.717, 1.165) is 5.56 Å². The molecule has 0 bridgehead atoms. The molecule has 160 valence electrons. The average molecular weight is 441 g/mol. The largest absolute Gasteiger partial charge is 0.465 e. The molecule has 1 aliphatic rings. The van der Waals surface area contributed by atoms with Gasteiger partial charge >= 0.3 is 5.97 Å². The van der Waals surface area contributed by atoms with E-state index >= 15 is 0 Å². The number of benzene rings is 2. The van der Waals surface area contributed by atoms with Crippen LogP contribution < -0.4 is 0 Å². The predicted octanol–water partition coefficient (Wildman–Crippen LogP) is 3.13. The SMILES string of the molecule is COC(=O)c1cccc(C(=O)N2CCN(Cc3nc(-c4ccc(Cl)cc4)no3)CC2)c1. The van der Waals surface area contributed by atoms with Crippen LogP contribution in [0.1, 0.15) is 26.6 Å². The Morgan fingerprint density at radius 1 is 1.06 bits per heavy atom. The van der Waals surface area contributed by atoms with Crippen LogP contribution in [0.4, 0.5) is 0 Å². The molecule has 0 atom stereocenters. The van der Waals surface area contributed by atoms with Crippen molar-refractivity contribution in [1.82, 2.24) is 19.9 Å². The summed E-state index contributed by atoms with van der Waals surface area (Å²) in [5.74, 6) is 0.478. The van der Waals surface area contributed by atoms with Crippen LogP contribution in [0.2, 0.25) is 5.02 Å². The van der Waals surface area contributed by atoms with Gasteiger partial charge in [-0.2, -0.15) is 4.98 Å². The quantitative estimate of drug-likeness (QED) is 0.563. The highest BCUT2D eigenvalue weighted by atomic mass is 35.5. The van der Waals surface area contributed by atoms with Crippen molar-refractivity contribution in [3.8, 4) is 11.4 Å². The van der Waals surface area contributed by atoms with Gasteiger partial charge in [0.05, 0.1) is 19.2 Å². The van der Waals surface area contributed by atoms with Crippen LogP contribution in [0.25, 0.3) is 11.4 Å². The monoisotopic (exact) mass is 440 g/mol. The third-order valence-corrected chi connectivity index (χ3v) is 5.37. The third-order valence-electron chi connectivity index (χ3n) is 5.12. The molecule has 3 aromatic rings. The molecule has 4 rings (SSSR count). The number of piperazine rings is 1. The second-order valence-electron chi connectivity index (χ2n) is 7.16. The van der Waals surface area contributed by atoms with Gasteiger partial charge in [-0.25, -0.2) is 4.79 Å². The van der Waals surface area contributed by atoms with Gasteiger partial charge in [-0.05, 0) is 42.5 Å². The number of methoxy groups -OCH3 is 1. The van der Waals surface area contributed by atoms with Crippen LogP contribution >= 0.6 is 11.6 Å².